The van der Waals surface area contributed by atoms with Crippen LogP contribution in [0.4, 0.5) is 0 Å². The van der Waals surface area contributed by atoms with Crippen molar-refractivity contribution in [1.82, 2.24) is 4.90 Å². The summed E-state index contributed by atoms with van der Waals surface area (Å²) >= 11 is 12.4. The largest absolute Gasteiger partial charge is 0.507 e. The molecule has 8 heteroatoms. The lowest BCUT2D eigenvalue weighted by Crippen LogP contribution is -2.32. The van der Waals surface area contributed by atoms with E-state index in [4.69, 9.17) is 32.7 Å². The van der Waals surface area contributed by atoms with Crippen LogP contribution in [0.2, 0.25) is 10.0 Å². The average Bonchev–Trinajstić information content (AvgIpc) is 2.96. The fourth-order valence-electron chi connectivity index (χ4n) is 3.53. The van der Waals surface area contributed by atoms with Gasteiger partial charge >= 0.3 is 0 Å². The number of ether oxygens (including phenoxy) is 2. The molecule has 6 nitrogen and oxygen atoms in total. The van der Waals surface area contributed by atoms with Crippen molar-refractivity contribution in [2.75, 3.05) is 27.4 Å². The van der Waals surface area contributed by atoms with E-state index >= 15 is 0 Å². The van der Waals surface area contributed by atoms with Crippen molar-refractivity contribution in [3.8, 4) is 5.75 Å². The average molecular weight is 450 g/mol. The second-order valence-corrected chi connectivity index (χ2v) is 7.68. The van der Waals surface area contributed by atoms with E-state index in [-0.39, 0.29) is 29.5 Å². The summed E-state index contributed by atoms with van der Waals surface area (Å²) in [5.74, 6) is -1.15. The molecule has 1 saturated heterocycles. The normalized spacial score (nSPS) is 18.2. The van der Waals surface area contributed by atoms with E-state index in [1.807, 2.05) is 6.92 Å². The van der Waals surface area contributed by atoms with Crippen molar-refractivity contribution in [3.05, 3.63) is 68.7 Å². The molecule has 2 aromatic carbocycles. The fourth-order valence-corrected chi connectivity index (χ4v) is 4.04. The van der Waals surface area contributed by atoms with Gasteiger partial charge in [-0.2, -0.15) is 0 Å². The maximum Gasteiger partial charge on any atom is 0.295 e. The number of likely N-dealkylation sites (tertiary alicyclic amines) is 1. The Kier molecular flexibility index (Phi) is 6.71. The Morgan fingerprint density at radius 3 is 2.47 bits per heavy atom. The lowest BCUT2D eigenvalue weighted by molar-refractivity contribution is -0.140. The maximum atomic E-state index is 12.9. The molecule has 158 valence electrons. The molecule has 0 unspecified atom stereocenters. The van der Waals surface area contributed by atoms with E-state index in [9.17, 15) is 14.7 Å². The van der Waals surface area contributed by atoms with Gasteiger partial charge in [-0.1, -0.05) is 29.3 Å². The number of aryl methyl sites for hydroxylation is 1. The summed E-state index contributed by atoms with van der Waals surface area (Å²) in [6, 6.07) is 8.95. The van der Waals surface area contributed by atoms with Gasteiger partial charge in [-0.05, 0) is 48.4 Å². The lowest BCUT2D eigenvalue weighted by Gasteiger charge is -2.26. The van der Waals surface area contributed by atoms with Crippen LogP contribution in [0, 0.1) is 6.92 Å². The Balaban J connectivity index is 2.20. The number of ketones is 1. The Morgan fingerprint density at radius 1 is 1.13 bits per heavy atom. The standard InChI is InChI=1S/C22H21Cl2NO5/c1-12-10-13(4-7-17(12)30-3)20(26)18-19(15-6-5-14(23)11-16(15)24)25(8-9-29-2)22(28)21(18)27/h4-7,10-11,19,26H,8-9H2,1-3H3/b20-18+/t19-/m1/s1. The first-order chi connectivity index (χ1) is 14.3. The molecule has 1 atom stereocenters. The molecule has 1 N–H and O–H groups in total. The van der Waals surface area contributed by atoms with E-state index in [0.717, 1.165) is 5.56 Å². The van der Waals surface area contributed by atoms with Crippen molar-refractivity contribution < 1.29 is 24.2 Å². The number of carbonyl (C=O) groups is 2. The third-order valence-corrected chi connectivity index (χ3v) is 5.56. The van der Waals surface area contributed by atoms with Gasteiger partial charge in [0.05, 0.1) is 25.3 Å². The number of hydrogen-bond donors (Lipinski definition) is 1. The fraction of sp³-hybridized carbons (Fsp3) is 0.273. The number of rotatable bonds is 6. The van der Waals surface area contributed by atoms with Gasteiger partial charge in [-0.15, -0.1) is 0 Å². The van der Waals surface area contributed by atoms with E-state index < -0.39 is 17.7 Å². The minimum Gasteiger partial charge on any atom is -0.507 e. The van der Waals surface area contributed by atoms with Crippen molar-refractivity contribution in [2.45, 2.75) is 13.0 Å². The summed E-state index contributed by atoms with van der Waals surface area (Å²) < 4.78 is 10.3. The number of methoxy groups -OCH3 is 2. The summed E-state index contributed by atoms with van der Waals surface area (Å²) in [5.41, 5.74) is 1.62. The van der Waals surface area contributed by atoms with Crippen LogP contribution >= 0.6 is 23.2 Å². The second kappa shape index (κ2) is 9.08. The molecule has 0 aliphatic carbocycles. The number of halogens is 2. The minimum absolute atomic E-state index is 0.0371. The number of amides is 1. The highest BCUT2D eigenvalue weighted by atomic mass is 35.5. The molecular weight excluding hydrogens is 429 g/mol. The number of aliphatic hydroxyl groups is 1. The zero-order valence-corrected chi connectivity index (χ0v) is 18.3. The molecule has 1 fully saturated rings. The van der Waals surface area contributed by atoms with Gasteiger partial charge in [0.25, 0.3) is 11.7 Å². The highest BCUT2D eigenvalue weighted by molar-refractivity contribution is 6.47. The molecule has 1 amide bonds. The predicted molar refractivity (Wildman–Crippen MR) is 115 cm³/mol. The van der Waals surface area contributed by atoms with Crippen molar-refractivity contribution in [1.29, 1.82) is 0 Å². The van der Waals surface area contributed by atoms with E-state index in [1.165, 1.54) is 18.1 Å². The number of Topliss-reactive ketones (excluding diaryl/α,β-unsaturated/α-hetero) is 1. The third kappa shape index (κ3) is 4.03. The first kappa shape index (κ1) is 22.2. The van der Waals surface area contributed by atoms with E-state index in [1.54, 1.807) is 37.4 Å². The summed E-state index contributed by atoms with van der Waals surface area (Å²) in [6.07, 6.45) is 0. The number of hydrogen-bond acceptors (Lipinski definition) is 5. The van der Waals surface area contributed by atoms with Gasteiger partial charge in [0.1, 0.15) is 11.5 Å². The van der Waals surface area contributed by atoms with E-state index in [0.29, 0.717) is 21.9 Å². The highest BCUT2D eigenvalue weighted by Gasteiger charge is 2.46. The van der Waals surface area contributed by atoms with Crippen LogP contribution < -0.4 is 4.74 Å². The van der Waals surface area contributed by atoms with Crippen LogP contribution in [0.15, 0.2) is 42.0 Å². The Morgan fingerprint density at radius 2 is 1.87 bits per heavy atom. The summed E-state index contributed by atoms with van der Waals surface area (Å²) in [5, 5.41) is 11.8. The van der Waals surface area contributed by atoms with Crippen LogP contribution in [0.5, 0.6) is 5.75 Å². The summed E-state index contributed by atoms with van der Waals surface area (Å²) in [6.45, 7) is 2.19. The molecule has 0 aromatic heterocycles. The molecule has 0 spiro atoms. The van der Waals surface area contributed by atoms with Crippen molar-refractivity contribution in [2.24, 2.45) is 0 Å². The molecule has 0 bridgehead atoms. The molecule has 30 heavy (non-hydrogen) atoms. The van der Waals surface area contributed by atoms with Crippen LogP contribution in [-0.4, -0.2) is 49.1 Å². The van der Waals surface area contributed by atoms with Crippen LogP contribution in [0.3, 0.4) is 0 Å². The van der Waals surface area contributed by atoms with Gasteiger partial charge in [0.2, 0.25) is 0 Å². The van der Waals surface area contributed by atoms with Crippen LogP contribution in [-0.2, 0) is 14.3 Å². The van der Waals surface area contributed by atoms with Gasteiger partial charge in [-0.25, -0.2) is 0 Å². The molecule has 0 saturated carbocycles. The Hall–Kier alpha value is -2.54. The number of carbonyl (C=O) groups excluding carboxylic acids is 2. The van der Waals surface area contributed by atoms with E-state index in [2.05, 4.69) is 0 Å². The monoisotopic (exact) mass is 449 g/mol. The number of benzene rings is 2. The Bertz CT molecular complexity index is 1030. The molecule has 1 heterocycles. The molecular formula is C22H21Cl2NO5. The summed E-state index contributed by atoms with van der Waals surface area (Å²) in [7, 11) is 3.05. The zero-order valence-electron chi connectivity index (χ0n) is 16.7. The number of aliphatic hydroxyl groups excluding tert-OH is 1. The molecule has 2 aromatic rings. The Labute approximate surface area is 184 Å². The van der Waals surface area contributed by atoms with Crippen molar-refractivity contribution in [3.63, 3.8) is 0 Å². The van der Waals surface area contributed by atoms with Gasteiger partial charge in [-0.3, -0.25) is 9.59 Å². The minimum atomic E-state index is -0.868. The lowest BCUT2D eigenvalue weighted by atomic mass is 9.94. The topological polar surface area (TPSA) is 76.1 Å². The van der Waals surface area contributed by atoms with Gasteiger partial charge in [0, 0.05) is 29.3 Å². The zero-order chi connectivity index (χ0) is 22.0. The molecule has 3 rings (SSSR count). The van der Waals surface area contributed by atoms with Crippen molar-refractivity contribution >= 4 is 40.7 Å². The SMILES string of the molecule is COCCN1C(=O)C(=O)/C(=C(/O)c2ccc(OC)c(C)c2)[C@H]1c1ccc(Cl)cc1Cl. The second-order valence-electron chi connectivity index (χ2n) is 6.84. The predicted octanol–water partition coefficient (Wildman–Crippen LogP) is 4.38. The van der Waals surface area contributed by atoms with Gasteiger partial charge < -0.3 is 19.5 Å². The first-order valence-electron chi connectivity index (χ1n) is 9.17. The first-order valence-corrected chi connectivity index (χ1v) is 9.93. The quantitative estimate of drug-likeness (QED) is 0.402. The molecule has 0 radical (unpaired) electrons. The van der Waals surface area contributed by atoms with Crippen LogP contribution in [0.1, 0.15) is 22.7 Å². The maximum absolute atomic E-state index is 12.9. The number of nitrogens with zero attached hydrogens (tertiary/aromatic N) is 1. The molecule has 1 aliphatic rings. The highest BCUT2D eigenvalue weighted by Crippen LogP contribution is 2.42. The molecule has 1 aliphatic heterocycles. The smallest absolute Gasteiger partial charge is 0.295 e. The van der Waals surface area contributed by atoms with Crippen LogP contribution in [0.25, 0.3) is 5.76 Å². The van der Waals surface area contributed by atoms with Gasteiger partial charge in [0.15, 0.2) is 0 Å². The summed E-state index contributed by atoms with van der Waals surface area (Å²) in [4.78, 5) is 27.0. The third-order valence-electron chi connectivity index (χ3n) is 5.00.